The van der Waals surface area contributed by atoms with Crippen LogP contribution in [0.15, 0.2) is 41.2 Å². The van der Waals surface area contributed by atoms with Gasteiger partial charge < -0.3 is 9.30 Å². The van der Waals surface area contributed by atoms with Crippen molar-refractivity contribution in [3.8, 4) is 0 Å². The Morgan fingerprint density at radius 1 is 1.26 bits per heavy atom. The lowest BCUT2D eigenvalue weighted by molar-refractivity contribution is 0.0516. The van der Waals surface area contributed by atoms with E-state index >= 15 is 0 Å². The molecule has 2 aromatic rings. The van der Waals surface area contributed by atoms with E-state index in [1.807, 2.05) is 31.2 Å². The van der Waals surface area contributed by atoms with Crippen molar-refractivity contribution in [2.45, 2.75) is 52.2 Å². The molecule has 0 unspecified atom stereocenters. The third kappa shape index (κ3) is 3.67. The van der Waals surface area contributed by atoms with Gasteiger partial charge in [-0.1, -0.05) is 31.2 Å². The lowest BCUT2D eigenvalue weighted by Gasteiger charge is -2.30. The molecule has 6 heteroatoms. The second kappa shape index (κ2) is 8.05. The minimum absolute atomic E-state index is 0.0902. The van der Waals surface area contributed by atoms with Crippen molar-refractivity contribution in [2.75, 3.05) is 13.2 Å². The molecule has 0 bridgehead atoms. The monoisotopic (exact) mass is 369 g/mol. The predicted molar refractivity (Wildman–Crippen MR) is 106 cm³/mol. The van der Waals surface area contributed by atoms with Crippen LogP contribution in [0.4, 0.5) is 0 Å². The third-order valence-electron chi connectivity index (χ3n) is 5.21. The summed E-state index contributed by atoms with van der Waals surface area (Å²) in [5.41, 5.74) is 0.818. The normalized spacial score (nSPS) is 20.9. The lowest BCUT2D eigenvalue weighted by Crippen LogP contribution is -2.38. The first kappa shape index (κ1) is 19.3. The quantitative estimate of drug-likeness (QED) is 0.578. The van der Waals surface area contributed by atoms with Gasteiger partial charge in [0.15, 0.2) is 0 Å². The van der Waals surface area contributed by atoms with Gasteiger partial charge in [-0.05, 0) is 45.9 Å². The number of hydrogen-bond acceptors (Lipinski definition) is 5. The van der Waals surface area contributed by atoms with Crippen LogP contribution < -0.4 is 5.56 Å². The molecule has 144 valence electrons. The summed E-state index contributed by atoms with van der Waals surface area (Å²) in [7, 11) is 0. The maximum absolute atomic E-state index is 13.1. The second-order valence-corrected chi connectivity index (χ2v) is 6.95. The maximum Gasteiger partial charge on any atom is 0.362 e. The largest absolute Gasteiger partial charge is 0.461 e. The highest BCUT2D eigenvalue weighted by molar-refractivity contribution is 5.89. The van der Waals surface area contributed by atoms with E-state index in [2.05, 4.69) is 35.9 Å². The molecule has 0 radical (unpaired) electrons. The van der Waals surface area contributed by atoms with Crippen LogP contribution in [0.5, 0.6) is 0 Å². The first-order chi connectivity index (χ1) is 13.0. The highest BCUT2D eigenvalue weighted by atomic mass is 16.5. The van der Waals surface area contributed by atoms with Gasteiger partial charge >= 0.3 is 5.97 Å². The first-order valence-corrected chi connectivity index (χ1v) is 9.60. The third-order valence-corrected chi connectivity index (χ3v) is 5.21. The number of carbonyl (C=O) groups excluding carboxylic acids is 1. The van der Waals surface area contributed by atoms with Gasteiger partial charge in [0.25, 0.3) is 5.56 Å². The fourth-order valence-electron chi connectivity index (χ4n) is 3.93. The molecule has 3 rings (SSSR count). The minimum atomic E-state index is -0.668. The summed E-state index contributed by atoms with van der Waals surface area (Å²) < 4.78 is 6.73. The first-order valence-electron chi connectivity index (χ1n) is 9.60. The van der Waals surface area contributed by atoms with Crippen molar-refractivity contribution in [3.63, 3.8) is 0 Å². The summed E-state index contributed by atoms with van der Waals surface area (Å²) in [6.45, 7) is 9.22. The number of nitrogens with zero attached hydrogens (tertiary/aromatic N) is 3. The summed E-state index contributed by atoms with van der Waals surface area (Å²) in [5, 5.41) is 0. The summed E-state index contributed by atoms with van der Waals surface area (Å²) in [5.74, 6) is -0.668. The lowest BCUT2D eigenvalue weighted by atomic mass is 10.1. The Balaban J connectivity index is 2.04. The number of para-hydroxylation sites is 2. The number of fused-ring (bicyclic) bond motifs is 1. The van der Waals surface area contributed by atoms with Crippen LogP contribution in [-0.2, 0) is 4.74 Å². The van der Waals surface area contributed by atoms with E-state index in [0.29, 0.717) is 11.6 Å². The summed E-state index contributed by atoms with van der Waals surface area (Å²) >= 11 is 0. The van der Waals surface area contributed by atoms with E-state index in [-0.39, 0.29) is 24.4 Å². The highest BCUT2D eigenvalue weighted by Crippen LogP contribution is 2.25. The van der Waals surface area contributed by atoms with E-state index in [4.69, 9.17) is 4.74 Å². The van der Waals surface area contributed by atoms with Gasteiger partial charge in [-0.2, -0.15) is 0 Å². The van der Waals surface area contributed by atoms with Crippen LogP contribution >= 0.6 is 0 Å². The molecule has 0 amide bonds. The smallest absolute Gasteiger partial charge is 0.362 e. The number of benzene rings is 1. The standard InChI is InChI=1S/C21H27N3O3/c1-5-23-14(3)11-12-16(23)13-15(4)24-18-10-8-7-9-17(18)22-19(20(24)25)21(26)27-6-2/h7-12,14-16H,5-6,13H2,1-4H3/t14-,15-,16+/m0/s1. The molecule has 1 aliphatic heterocycles. The van der Waals surface area contributed by atoms with Crippen molar-refractivity contribution in [1.29, 1.82) is 0 Å². The van der Waals surface area contributed by atoms with Crippen LogP contribution in [0.3, 0.4) is 0 Å². The molecule has 0 spiro atoms. The molecular formula is C21H27N3O3. The summed E-state index contributed by atoms with van der Waals surface area (Å²) in [6, 6.07) is 8.00. The average molecular weight is 369 g/mol. The van der Waals surface area contributed by atoms with Crippen LogP contribution in [0.2, 0.25) is 0 Å². The van der Waals surface area contributed by atoms with Crippen LogP contribution in [0, 0.1) is 0 Å². The molecule has 0 saturated heterocycles. The van der Waals surface area contributed by atoms with Gasteiger partial charge in [0.2, 0.25) is 5.69 Å². The van der Waals surface area contributed by atoms with E-state index in [1.165, 1.54) is 0 Å². The fourth-order valence-corrected chi connectivity index (χ4v) is 3.93. The van der Waals surface area contributed by atoms with E-state index in [9.17, 15) is 9.59 Å². The maximum atomic E-state index is 13.1. The number of likely N-dealkylation sites (N-methyl/N-ethyl adjacent to an activating group) is 1. The highest BCUT2D eigenvalue weighted by Gasteiger charge is 2.28. The van der Waals surface area contributed by atoms with Crippen molar-refractivity contribution in [3.05, 3.63) is 52.5 Å². The molecule has 6 nitrogen and oxygen atoms in total. The molecule has 1 aromatic heterocycles. The van der Waals surface area contributed by atoms with Crippen molar-refractivity contribution in [2.24, 2.45) is 0 Å². The SMILES string of the molecule is CCOC(=O)c1nc2ccccc2n([C@@H](C)C[C@H]2C=C[C@H](C)N2CC)c1=O. The zero-order valence-electron chi connectivity index (χ0n) is 16.4. The van der Waals surface area contributed by atoms with Gasteiger partial charge in [-0.25, -0.2) is 9.78 Å². The Morgan fingerprint density at radius 2 is 2.00 bits per heavy atom. The molecule has 0 saturated carbocycles. The van der Waals surface area contributed by atoms with E-state index < -0.39 is 11.5 Å². The molecule has 0 fully saturated rings. The number of esters is 1. The predicted octanol–water partition coefficient (Wildman–Crippen LogP) is 3.17. The molecule has 3 atom stereocenters. The topological polar surface area (TPSA) is 64.4 Å². The van der Waals surface area contributed by atoms with E-state index in [1.54, 1.807) is 11.5 Å². The van der Waals surface area contributed by atoms with E-state index in [0.717, 1.165) is 18.5 Å². The molecule has 1 aromatic carbocycles. The zero-order valence-corrected chi connectivity index (χ0v) is 16.4. The summed E-state index contributed by atoms with van der Waals surface area (Å²) in [6.07, 6.45) is 5.20. The van der Waals surface area contributed by atoms with Crippen molar-refractivity contribution in [1.82, 2.24) is 14.5 Å². The van der Waals surface area contributed by atoms with Gasteiger partial charge in [0.1, 0.15) is 0 Å². The van der Waals surface area contributed by atoms with Crippen molar-refractivity contribution < 1.29 is 9.53 Å². The van der Waals surface area contributed by atoms with Crippen LogP contribution in [0.1, 0.15) is 50.6 Å². The molecule has 1 aliphatic rings. The van der Waals surface area contributed by atoms with Crippen LogP contribution in [0.25, 0.3) is 11.0 Å². The Bertz CT molecular complexity index is 919. The minimum Gasteiger partial charge on any atom is -0.461 e. The number of carbonyl (C=O) groups is 1. The van der Waals surface area contributed by atoms with Gasteiger partial charge in [-0.3, -0.25) is 9.69 Å². The Kier molecular flexibility index (Phi) is 5.75. The molecular weight excluding hydrogens is 342 g/mol. The number of ether oxygens (including phenoxy) is 1. The number of hydrogen-bond donors (Lipinski definition) is 0. The number of aromatic nitrogens is 2. The number of rotatable bonds is 6. The van der Waals surface area contributed by atoms with Crippen molar-refractivity contribution >= 4 is 17.0 Å². The zero-order chi connectivity index (χ0) is 19.6. The Hall–Kier alpha value is -2.47. The average Bonchev–Trinajstić information content (AvgIpc) is 3.00. The molecule has 27 heavy (non-hydrogen) atoms. The molecule has 0 N–H and O–H groups in total. The van der Waals surface area contributed by atoms with Gasteiger partial charge in [0, 0.05) is 18.1 Å². The summed E-state index contributed by atoms with van der Waals surface area (Å²) in [4.78, 5) is 32.0. The second-order valence-electron chi connectivity index (χ2n) is 6.95. The van der Waals surface area contributed by atoms with Crippen LogP contribution in [-0.4, -0.2) is 45.7 Å². The molecule has 0 aliphatic carbocycles. The van der Waals surface area contributed by atoms with Gasteiger partial charge in [-0.15, -0.1) is 0 Å². The Labute approximate surface area is 159 Å². The van der Waals surface area contributed by atoms with Gasteiger partial charge in [0.05, 0.1) is 17.6 Å². The fraction of sp³-hybridized carbons (Fsp3) is 0.476. The Morgan fingerprint density at radius 3 is 2.70 bits per heavy atom. The molecule has 2 heterocycles.